The van der Waals surface area contributed by atoms with Crippen LogP contribution in [0.1, 0.15) is 32.1 Å². The van der Waals surface area contributed by atoms with Gasteiger partial charge in [0.2, 0.25) is 5.91 Å². The number of nitrogens with one attached hydrogen (secondary N) is 1. The minimum atomic E-state index is 0.0233. The Bertz CT molecular complexity index is 243. The maximum absolute atomic E-state index is 11.5. The number of hydrogen-bond donors (Lipinski definition) is 1. The lowest BCUT2D eigenvalue weighted by Gasteiger charge is -2.47. The molecule has 2 rings (SSSR count). The van der Waals surface area contributed by atoms with Crippen LogP contribution in [0, 0.1) is 0 Å². The summed E-state index contributed by atoms with van der Waals surface area (Å²) in [6.45, 7) is 0.182. The summed E-state index contributed by atoms with van der Waals surface area (Å²) in [7, 11) is 3.78. The first kappa shape index (κ1) is 11.9. The Balaban J connectivity index is 1.87. The summed E-state index contributed by atoms with van der Waals surface area (Å²) in [4.78, 5) is 14.0. The van der Waals surface area contributed by atoms with E-state index in [2.05, 4.69) is 17.3 Å². The number of hydrogen-bond acceptors (Lipinski definition) is 3. The predicted molar refractivity (Wildman–Crippen MR) is 62.2 cm³/mol. The van der Waals surface area contributed by atoms with Crippen LogP contribution in [0.4, 0.5) is 0 Å². The van der Waals surface area contributed by atoms with E-state index in [9.17, 15) is 4.79 Å². The highest BCUT2D eigenvalue weighted by atomic mass is 16.5. The standard InChI is InChI=1S/C12H22N2O2/c1-14-10-4-3-5-11(14)7-9(6-10)13-12(15)8-16-2/h9-11H,3-8H2,1-2H3,(H,13,15). The maximum Gasteiger partial charge on any atom is 0.246 e. The first-order chi connectivity index (χ1) is 7.70. The molecule has 16 heavy (non-hydrogen) atoms. The van der Waals surface area contributed by atoms with E-state index < -0.39 is 0 Å². The van der Waals surface area contributed by atoms with Crippen molar-refractivity contribution in [3.8, 4) is 0 Å². The summed E-state index contributed by atoms with van der Waals surface area (Å²) in [5, 5.41) is 3.08. The molecular formula is C12H22N2O2. The first-order valence-electron chi connectivity index (χ1n) is 6.21. The second kappa shape index (κ2) is 5.15. The first-order valence-corrected chi connectivity index (χ1v) is 6.21. The second-order valence-electron chi connectivity index (χ2n) is 5.07. The molecule has 2 aliphatic heterocycles. The fourth-order valence-corrected chi connectivity index (χ4v) is 3.13. The van der Waals surface area contributed by atoms with Gasteiger partial charge in [-0.15, -0.1) is 0 Å². The summed E-state index contributed by atoms with van der Waals surface area (Å²) in [5.41, 5.74) is 0. The van der Waals surface area contributed by atoms with E-state index in [-0.39, 0.29) is 12.5 Å². The Morgan fingerprint density at radius 1 is 1.38 bits per heavy atom. The van der Waals surface area contributed by atoms with E-state index in [0.29, 0.717) is 18.1 Å². The molecule has 92 valence electrons. The van der Waals surface area contributed by atoms with E-state index in [4.69, 9.17) is 4.74 Å². The lowest BCUT2D eigenvalue weighted by molar-refractivity contribution is -0.126. The molecule has 2 saturated heterocycles. The molecule has 2 heterocycles. The van der Waals surface area contributed by atoms with Gasteiger partial charge in [-0.05, 0) is 32.7 Å². The molecule has 0 saturated carbocycles. The van der Waals surface area contributed by atoms with Crippen LogP contribution >= 0.6 is 0 Å². The van der Waals surface area contributed by atoms with Gasteiger partial charge in [-0.3, -0.25) is 4.79 Å². The van der Waals surface area contributed by atoms with Crippen LogP contribution < -0.4 is 5.32 Å². The Morgan fingerprint density at radius 2 is 2.00 bits per heavy atom. The van der Waals surface area contributed by atoms with E-state index >= 15 is 0 Å². The largest absolute Gasteiger partial charge is 0.375 e. The molecule has 0 aromatic rings. The lowest BCUT2D eigenvalue weighted by atomic mass is 9.82. The van der Waals surface area contributed by atoms with Gasteiger partial charge >= 0.3 is 0 Å². The monoisotopic (exact) mass is 226 g/mol. The smallest absolute Gasteiger partial charge is 0.246 e. The van der Waals surface area contributed by atoms with Crippen molar-refractivity contribution >= 4 is 5.91 Å². The number of carbonyl (C=O) groups is 1. The molecule has 0 aromatic heterocycles. The van der Waals surface area contributed by atoms with Crippen LogP contribution in [0.5, 0.6) is 0 Å². The molecule has 2 aliphatic rings. The van der Waals surface area contributed by atoms with Gasteiger partial charge in [0.1, 0.15) is 6.61 Å². The molecule has 2 fully saturated rings. The average Bonchev–Trinajstić information content (AvgIpc) is 2.20. The number of methoxy groups -OCH3 is 1. The Morgan fingerprint density at radius 3 is 2.56 bits per heavy atom. The highest BCUT2D eigenvalue weighted by molar-refractivity contribution is 5.77. The van der Waals surface area contributed by atoms with Crippen molar-refractivity contribution in [3.63, 3.8) is 0 Å². The third-order valence-corrected chi connectivity index (χ3v) is 3.98. The molecule has 4 nitrogen and oxygen atoms in total. The highest BCUT2D eigenvalue weighted by Crippen LogP contribution is 2.32. The number of ether oxygens (including phenoxy) is 1. The van der Waals surface area contributed by atoms with Gasteiger partial charge in [0, 0.05) is 25.2 Å². The Labute approximate surface area is 97.3 Å². The number of amides is 1. The normalized spacial score (nSPS) is 34.8. The highest BCUT2D eigenvalue weighted by Gasteiger charge is 2.36. The zero-order chi connectivity index (χ0) is 11.5. The van der Waals surface area contributed by atoms with Crippen LogP contribution in [-0.4, -0.2) is 49.7 Å². The van der Waals surface area contributed by atoms with E-state index in [0.717, 1.165) is 12.8 Å². The fraction of sp³-hybridized carbons (Fsp3) is 0.917. The van der Waals surface area contributed by atoms with E-state index in [1.807, 2.05) is 0 Å². The lowest BCUT2D eigenvalue weighted by Crippen LogP contribution is -2.55. The SMILES string of the molecule is COCC(=O)NC1CC2CCCC(C1)N2C. The molecule has 0 aromatic carbocycles. The molecule has 2 bridgehead atoms. The van der Waals surface area contributed by atoms with Crippen LogP contribution in [0.15, 0.2) is 0 Å². The fourth-order valence-electron chi connectivity index (χ4n) is 3.13. The van der Waals surface area contributed by atoms with Gasteiger partial charge in [0.05, 0.1) is 0 Å². The van der Waals surface area contributed by atoms with Crippen molar-refractivity contribution in [1.82, 2.24) is 10.2 Å². The summed E-state index contributed by atoms with van der Waals surface area (Å²) in [6.07, 6.45) is 6.11. The second-order valence-corrected chi connectivity index (χ2v) is 5.07. The summed E-state index contributed by atoms with van der Waals surface area (Å²) < 4.78 is 4.84. The molecule has 1 N–H and O–H groups in total. The summed E-state index contributed by atoms with van der Waals surface area (Å²) >= 11 is 0. The number of nitrogens with zero attached hydrogens (tertiary/aromatic N) is 1. The van der Waals surface area contributed by atoms with E-state index in [1.165, 1.54) is 19.3 Å². The Hall–Kier alpha value is -0.610. The van der Waals surface area contributed by atoms with E-state index in [1.54, 1.807) is 7.11 Å². The quantitative estimate of drug-likeness (QED) is 0.772. The van der Waals surface area contributed by atoms with Crippen molar-refractivity contribution in [2.75, 3.05) is 20.8 Å². The third kappa shape index (κ3) is 2.55. The zero-order valence-electron chi connectivity index (χ0n) is 10.2. The van der Waals surface area contributed by atoms with Crippen molar-refractivity contribution in [2.24, 2.45) is 0 Å². The van der Waals surface area contributed by atoms with Crippen molar-refractivity contribution in [2.45, 2.75) is 50.2 Å². The molecule has 2 atom stereocenters. The van der Waals surface area contributed by atoms with Crippen LogP contribution in [0.25, 0.3) is 0 Å². The summed E-state index contributed by atoms with van der Waals surface area (Å²) in [5.74, 6) is 0.0233. The van der Waals surface area contributed by atoms with Crippen LogP contribution in [0.3, 0.4) is 0 Å². The van der Waals surface area contributed by atoms with Gasteiger partial charge in [0.15, 0.2) is 0 Å². The minimum Gasteiger partial charge on any atom is -0.375 e. The zero-order valence-corrected chi connectivity index (χ0v) is 10.2. The van der Waals surface area contributed by atoms with Gasteiger partial charge in [0.25, 0.3) is 0 Å². The van der Waals surface area contributed by atoms with Gasteiger partial charge in [-0.2, -0.15) is 0 Å². The van der Waals surface area contributed by atoms with Crippen molar-refractivity contribution in [3.05, 3.63) is 0 Å². The molecule has 0 spiro atoms. The Kier molecular flexibility index (Phi) is 3.82. The molecule has 4 heteroatoms. The number of carbonyl (C=O) groups excluding carboxylic acids is 1. The van der Waals surface area contributed by atoms with Crippen LogP contribution in [0.2, 0.25) is 0 Å². The molecule has 0 aliphatic carbocycles. The predicted octanol–water partition coefficient (Wildman–Crippen LogP) is 0.764. The van der Waals surface area contributed by atoms with Gasteiger partial charge in [-0.1, -0.05) is 6.42 Å². The maximum atomic E-state index is 11.5. The molecule has 0 radical (unpaired) electrons. The minimum absolute atomic E-state index is 0.0233. The topological polar surface area (TPSA) is 41.6 Å². The molecular weight excluding hydrogens is 204 g/mol. The van der Waals surface area contributed by atoms with Crippen molar-refractivity contribution < 1.29 is 9.53 Å². The molecule has 2 unspecified atom stereocenters. The van der Waals surface area contributed by atoms with Crippen LogP contribution in [-0.2, 0) is 9.53 Å². The third-order valence-electron chi connectivity index (χ3n) is 3.98. The van der Waals surface area contributed by atoms with Gasteiger partial charge < -0.3 is 15.0 Å². The molecule has 1 amide bonds. The van der Waals surface area contributed by atoms with Crippen molar-refractivity contribution in [1.29, 1.82) is 0 Å². The van der Waals surface area contributed by atoms with Gasteiger partial charge in [-0.25, -0.2) is 0 Å². The number of fused-ring (bicyclic) bond motifs is 2. The average molecular weight is 226 g/mol. The summed E-state index contributed by atoms with van der Waals surface area (Å²) in [6, 6.07) is 1.69. The number of rotatable bonds is 3. The number of piperidine rings is 2.